The number of anilines is 2. The summed E-state index contributed by atoms with van der Waals surface area (Å²) in [5, 5.41) is 29.3. The highest BCUT2D eigenvalue weighted by molar-refractivity contribution is 6.39. The number of Topliss-reactive ketones (excluding diaryl/α,β-unsaturated/α-hetero) is 3. The van der Waals surface area contributed by atoms with Crippen LogP contribution in [0.15, 0.2) is 72.4 Å². The zero-order valence-corrected chi connectivity index (χ0v) is 60.7. The number of cyclic esters (lactones) is 1. The number of carbonyl (C=O) groups is 7. The Hall–Kier alpha value is -6.99. The van der Waals surface area contributed by atoms with Crippen LogP contribution in [0.1, 0.15) is 141 Å². The van der Waals surface area contributed by atoms with Gasteiger partial charge in [-0.05, 0) is 108 Å². The smallest absolute Gasteiger partial charge is 0.407 e. The minimum absolute atomic E-state index is 0.00873. The van der Waals surface area contributed by atoms with Crippen molar-refractivity contribution in [2.45, 2.75) is 193 Å². The predicted molar refractivity (Wildman–Crippen MR) is 374 cm³/mol. The van der Waals surface area contributed by atoms with E-state index in [4.69, 9.17) is 48.4 Å². The van der Waals surface area contributed by atoms with E-state index < -0.39 is 108 Å². The van der Waals surface area contributed by atoms with Gasteiger partial charge in [0.25, 0.3) is 17.6 Å². The van der Waals surface area contributed by atoms with Gasteiger partial charge in [-0.15, -0.1) is 0 Å². The number of nitrogens with two attached hydrogens (primary N) is 1. The molecule has 2 aromatic rings. The number of nitrogens with zero attached hydrogens (tertiary/aromatic N) is 7. The second-order valence-electron chi connectivity index (χ2n) is 27.3. The second kappa shape index (κ2) is 40.7. The molecule has 1 unspecified atom stereocenters. The lowest BCUT2D eigenvalue weighted by atomic mass is 9.80. The van der Waals surface area contributed by atoms with Gasteiger partial charge in [-0.2, -0.15) is 0 Å². The maximum absolute atomic E-state index is 14.7. The van der Waals surface area contributed by atoms with Crippen LogP contribution in [0.4, 0.5) is 16.7 Å². The quantitative estimate of drug-likeness (QED) is 0.0420. The number of piperidine rings is 1. The maximum atomic E-state index is 14.7. The first kappa shape index (κ1) is 81.3. The van der Waals surface area contributed by atoms with E-state index in [0.717, 1.165) is 10.5 Å². The number of aromatic nitrogens is 4. The molecule has 1 aliphatic carbocycles. The van der Waals surface area contributed by atoms with Crippen LogP contribution in [0.2, 0.25) is 0 Å². The van der Waals surface area contributed by atoms with Crippen LogP contribution in [0.3, 0.4) is 0 Å². The Morgan fingerprint density at radius 2 is 1.41 bits per heavy atom. The molecule has 101 heavy (non-hydrogen) atoms. The van der Waals surface area contributed by atoms with Gasteiger partial charge in [0, 0.05) is 141 Å². The van der Waals surface area contributed by atoms with E-state index in [-0.39, 0.29) is 62.3 Å². The molecule has 28 heteroatoms. The van der Waals surface area contributed by atoms with E-state index in [0.29, 0.717) is 152 Å². The number of piperazine rings is 1. The molecular formula is C73H110N10O18. The van der Waals surface area contributed by atoms with Gasteiger partial charge in [0.1, 0.15) is 36.2 Å². The highest BCUT2D eigenvalue weighted by Crippen LogP contribution is 2.38. The van der Waals surface area contributed by atoms with Crippen molar-refractivity contribution in [1.29, 1.82) is 0 Å². The molecule has 6 N–H and O–H groups in total. The molecule has 0 aromatic carbocycles. The van der Waals surface area contributed by atoms with Crippen molar-refractivity contribution in [2.75, 3.05) is 110 Å². The third-order valence-electron chi connectivity index (χ3n) is 19.8. The monoisotopic (exact) mass is 1410 g/mol. The first-order valence-electron chi connectivity index (χ1n) is 35.8. The number of nitrogens with one attached hydrogen (secondary N) is 2. The number of esters is 1. The minimum Gasteiger partial charge on any atom is -0.459 e. The number of fused-ring (bicyclic) bond motifs is 3. The Kier molecular flexibility index (Phi) is 32.8. The summed E-state index contributed by atoms with van der Waals surface area (Å²) < 4.78 is 52.0. The molecule has 7 rings (SSSR count). The number of aliphatic hydroxyl groups is 2. The Morgan fingerprint density at radius 1 is 0.743 bits per heavy atom. The lowest BCUT2D eigenvalue weighted by Crippen LogP contribution is -2.61. The van der Waals surface area contributed by atoms with E-state index in [1.54, 1.807) is 53.3 Å². The average molecular weight is 1420 g/mol. The third-order valence-corrected chi connectivity index (χ3v) is 19.8. The summed E-state index contributed by atoms with van der Waals surface area (Å²) in [5.74, 6) is -7.97. The van der Waals surface area contributed by atoms with Gasteiger partial charge >= 0.3 is 12.1 Å². The van der Waals surface area contributed by atoms with Gasteiger partial charge < -0.3 is 83.9 Å². The lowest BCUT2D eigenvalue weighted by Gasteiger charge is -2.42. The summed E-state index contributed by atoms with van der Waals surface area (Å²) in [4.78, 5) is 121. The standard InChI is InChI=1S/C73H110N10O18/c1-11-96-31-32-98-34-33-97-30-24-75-67(88)54-44-78-71(79-45-54)82-28-26-81(27-29-82)70-76-41-53(42-77-70)43-80-72(91)100-59-23-21-52(38-62(59)94-9)37-56(74)61-40-58(84)48(4)36-50(6)64(86)65(95-10)63(85)49(5)35-46(2)17-13-12-14-18-47(3)60(93-8)39-55-22-20-51(7)73(92,101-55)66(87)68(89)83-25-16-15-19-57(83)69(90)99-61/h12-14,17-18,36,41-42,44-46,48-49,51-52,55-57,59-62,64-65,86,92H,11,15-16,19-35,37-40,43,74H2,1-10H3,(H,75,88)(H,80,91)/b14-12+,17-13+,47-18+,50-36+/t46-,48-,49-,51-,52+,55+,56-,57+,59-,60?,61+,62-,64-,65+,73-/m1/s1. The summed E-state index contributed by atoms with van der Waals surface area (Å²) in [6, 6.07) is -2.22. The normalized spacial score (nSPS) is 31.0. The van der Waals surface area contributed by atoms with Crippen LogP contribution in [0.5, 0.6) is 0 Å². The number of allylic oxidation sites excluding steroid dienone is 6. The van der Waals surface area contributed by atoms with Crippen LogP contribution in [-0.4, -0.2) is 237 Å². The van der Waals surface area contributed by atoms with Gasteiger partial charge in [0.15, 0.2) is 5.78 Å². The van der Waals surface area contributed by atoms with Crippen molar-refractivity contribution in [2.24, 2.45) is 35.3 Å². The van der Waals surface area contributed by atoms with E-state index in [1.807, 2.05) is 61.0 Å². The number of aliphatic hydroxyl groups excluding tert-OH is 1. The fraction of sp³-hybridized carbons (Fsp3) is 0.685. The van der Waals surface area contributed by atoms with Crippen molar-refractivity contribution in [3.8, 4) is 0 Å². The summed E-state index contributed by atoms with van der Waals surface area (Å²) in [6.45, 7) is 18.1. The molecule has 6 heterocycles. The zero-order chi connectivity index (χ0) is 73.2. The Balaban J connectivity index is 0.955. The molecule has 3 amide bonds. The largest absolute Gasteiger partial charge is 0.459 e. The highest BCUT2D eigenvalue weighted by atomic mass is 16.6. The van der Waals surface area contributed by atoms with Crippen LogP contribution in [-0.2, 0) is 73.1 Å². The summed E-state index contributed by atoms with van der Waals surface area (Å²) in [6.07, 6.45) is 14.3. The summed E-state index contributed by atoms with van der Waals surface area (Å²) in [5.41, 5.74) is 9.21. The van der Waals surface area contributed by atoms with Crippen LogP contribution >= 0.6 is 0 Å². The van der Waals surface area contributed by atoms with Crippen LogP contribution in [0, 0.1) is 29.6 Å². The number of rotatable bonds is 22. The number of carbonyl (C=O) groups excluding carboxylic acids is 7. The number of hydrogen-bond donors (Lipinski definition) is 5. The van der Waals surface area contributed by atoms with Crippen LogP contribution < -0.4 is 26.2 Å². The van der Waals surface area contributed by atoms with Crippen molar-refractivity contribution in [3.05, 3.63) is 83.5 Å². The molecule has 2 bridgehead atoms. The van der Waals surface area contributed by atoms with E-state index in [1.165, 1.54) is 26.6 Å². The molecular weight excluding hydrogens is 1300 g/mol. The fourth-order valence-electron chi connectivity index (χ4n) is 13.6. The Labute approximate surface area is 594 Å². The fourth-order valence-corrected chi connectivity index (χ4v) is 13.6. The van der Waals surface area contributed by atoms with Crippen molar-refractivity contribution in [1.82, 2.24) is 35.5 Å². The third kappa shape index (κ3) is 23.8. The van der Waals surface area contributed by atoms with Gasteiger partial charge in [-0.1, -0.05) is 64.2 Å². The minimum atomic E-state index is -2.50. The average Bonchev–Trinajstić information content (AvgIpc) is 0.778. The first-order valence-corrected chi connectivity index (χ1v) is 35.8. The van der Waals surface area contributed by atoms with E-state index in [2.05, 4.69) is 30.6 Å². The Bertz CT molecular complexity index is 3130. The maximum Gasteiger partial charge on any atom is 0.407 e. The van der Waals surface area contributed by atoms with Gasteiger partial charge in [0.2, 0.25) is 17.7 Å². The number of hydrogen-bond acceptors (Lipinski definition) is 25. The molecule has 5 aliphatic rings. The van der Waals surface area contributed by atoms with Gasteiger partial charge in [-0.3, -0.25) is 24.0 Å². The SMILES string of the molecule is CCOCCOCCOCCNC(=O)c1cnc(N2CCN(c3ncc(CNC(=O)O[C@@H]4CC[C@@H](C[C@@H](N)[C@@H]5CC(=O)[C@H](C)/C=C(\C)[C@@H](O)[C@@H](OC)C(=O)[C@H](C)C[C@H](C)/C=C/C=C/C=C(\C)C(OC)C[C@@H]6CC[C@@H](C)[C@@](O)(O6)C(=O)C(=O)N6CCCC[C@H]6C(=O)O5)C[C@H]4OC)cn3)CC2)nc1. The topological polar surface area (TPSA) is 354 Å². The molecule has 0 spiro atoms. The molecule has 15 atom stereocenters. The first-order chi connectivity index (χ1) is 48.5. The molecule has 1 saturated carbocycles. The number of methoxy groups -OCH3 is 3. The lowest BCUT2D eigenvalue weighted by molar-refractivity contribution is -0.265. The van der Waals surface area contributed by atoms with Gasteiger partial charge in [-0.25, -0.2) is 29.5 Å². The predicted octanol–water partition coefficient (Wildman–Crippen LogP) is 5.51. The van der Waals surface area contributed by atoms with Crippen molar-refractivity contribution in [3.63, 3.8) is 0 Å². The number of amides is 3. The number of ketones is 3. The van der Waals surface area contributed by atoms with Crippen molar-refractivity contribution < 1.29 is 86.4 Å². The molecule has 560 valence electrons. The molecule has 4 aliphatic heterocycles. The highest BCUT2D eigenvalue weighted by Gasteiger charge is 2.53. The molecule has 3 saturated heterocycles. The van der Waals surface area contributed by atoms with E-state index in [9.17, 15) is 43.8 Å². The van der Waals surface area contributed by atoms with Gasteiger partial charge in [0.05, 0.1) is 56.9 Å². The van der Waals surface area contributed by atoms with E-state index >= 15 is 0 Å². The molecule has 28 nitrogen and oxygen atoms in total. The Morgan fingerprint density at radius 3 is 2.06 bits per heavy atom. The number of ether oxygens (including phenoxy) is 9. The molecule has 4 fully saturated rings. The molecule has 0 radical (unpaired) electrons. The van der Waals surface area contributed by atoms with Crippen molar-refractivity contribution >= 4 is 53.1 Å². The number of alkyl carbamates (subject to hydrolysis) is 1. The second-order valence-corrected chi connectivity index (χ2v) is 27.3. The zero-order valence-electron chi connectivity index (χ0n) is 60.7. The molecule has 2 aromatic heterocycles. The summed E-state index contributed by atoms with van der Waals surface area (Å²) in [7, 11) is 4.44. The summed E-state index contributed by atoms with van der Waals surface area (Å²) >= 11 is 0. The van der Waals surface area contributed by atoms with Crippen LogP contribution in [0.25, 0.3) is 0 Å².